The number of β-amino-alcohol motifs (C(OH)–C–C–N with tert-alkyl or cyclic N) is 1. The van der Waals surface area contributed by atoms with Gasteiger partial charge in [-0.1, -0.05) is 18.5 Å². The number of piperidine rings is 1. The molecule has 1 aromatic rings. The second-order valence-electron chi connectivity index (χ2n) is 5.35. The highest BCUT2D eigenvalue weighted by atomic mass is 35.5. The van der Waals surface area contributed by atoms with Crippen LogP contribution >= 0.6 is 11.6 Å². The Bertz CT molecular complexity index is 495. The molecule has 5 nitrogen and oxygen atoms in total. The first-order valence-corrected chi connectivity index (χ1v) is 7.09. The number of nitrogens with zero attached hydrogens (tertiary/aromatic N) is 1. The van der Waals surface area contributed by atoms with Gasteiger partial charge in [-0.25, -0.2) is 0 Å². The van der Waals surface area contributed by atoms with Crippen molar-refractivity contribution in [1.82, 2.24) is 4.90 Å². The molecule has 0 aliphatic carbocycles. The smallest absolute Gasteiger partial charge is 0.238 e. The minimum Gasteiger partial charge on any atom is -0.397 e. The Kier molecular flexibility index (Phi) is 4.86. The van der Waals surface area contributed by atoms with Gasteiger partial charge >= 0.3 is 0 Å². The normalized spacial score (nSPS) is 23.6. The Morgan fingerprint density at radius 1 is 1.60 bits per heavy atom. The molecular formula is C14H20ClN3O2. The Morgan fingerprint density at radius 3 is 3.05 bits per heavy atom. The summed E-state index contributed by atoms with van der Waals surface area (Å²) < 4.78 is 0. The Balaban J connectivity index is 1.91. The SMILES string of the molecule is CC1CCN(CC(=O)Nc2cc(Cl)ccc2N)CC1O. The average Bonchev–Trinajstić information content (AvgIpc) is 2.38. The summed E-state index contributed by atoms with van der Waals surface area (Å²) in [6, 6.07) is 4.96. The standard InChI is InChI=1S/C14H20ClN3O2/c1-9-4-5-18(7-13(9)19)8-14(20)17-12-6-10(15)2-3-11(12)16/h2-3,6,9,13,19H,4-5,7-8,16H2,1H3,(H,17,20). The number of carbonyl (C=O) groups excluding carboxylic acids is 1. The van der Waals surface area contributed by atoms with E-state index in [0.717, 1.165) is 13.0 Å². The number of hydrogen-bond acceptors (Lipinski definition) is 4. The van der Waals surface area contributed by atoms with Gasteiger partial charge in [-0.2, -0.15) is 0 Å². The van der Waals surface area contributed by atoms with Crippen LogP contribution < -0.4 is 11.1 Å². The van der Waals surface area contributed by atoms with Crippen LogP contribution in [0.1, 0.15) is 13.3 Å². The van der Waals surface area contributed by atoms with Gasteiger partial charge in [0, 0.05) is 11.6 Å². The van der Waals surface area contributed by atoms with E-state index in [1.54, 1.807) is 18.2 Å². The summed E-state index contributed by atoms with van der Waals surface area (Å²) in [5, 5.41) is 13.1. The molecule has 0 spiro atoms. The first-order chi connectivity index (χ1) is 9.45. The van der Waals surface area contributed by atoms with Crippen LogP contribution in [0, 0.1) is 5.92 Å². The molecule has 1 aromatic carbocycles. The maximum atomic E-state index is 12.0. The number of halogens is 1. The van der Waals surface area contributed by atoms with Crippen molar-refractivity contribution in [1.29, 1.82) is 0 Å². The molecule has 0 saturated carbocycles. The van der Waals surface area contributed by atoms with Crippen LogP contribution in [-0.2, 0) is 4.79 Å². The Morgan fingerprint density at radius 2 is 2.35 bits per heavy atom. The average molecular weight is 298 g/mol. The van der Waals surface area contributed by atoms with Crippen LogP contribution in [0.15, 0.2) is 18.2 Å². The largest absolute Gasteiger partial charge is 0.397 e. The maximum Gasteiger partial charge on any atom is 0.238 e. The van der Waals surface area contributed by atoms with Crippen LogP contribution in [0.2, 0.25) is 5.02 Å². The van der Waals surface area contributed by atoms with E-state index in [-0.39, 0.29) is 24.5 Å². The highest BCUT2D eigenvalue weighted by Crippen LogP contribution is 2.23. The van der Waals surface area contributed by atoms with E-state index in [1.165, 1.54) is 0 Å². The fraction of sp³-hybridized carbons (Fsp3) is 0.500. The molecule has 1 heterocycles. The van der Waals surface area contributed by atoms with Crippen LogP contribution in [0.25, 0.3) is 0 Å². The highest BCUT2D eigenvalue weighted by molar-refractivity contribution is 6.31. The van der Waals surface area contributed by atoms with Crippen molar-refractivity contribution in [3.05, 3.63) is 23.2 Å². The molecule has 2 atom stereocenters. The topological polar surface area (TPSA) is 78.6 Å². The summed E-state index contributed by atoms with van der Waals surface area (Å²) in [7, 11) is 0. The lowest BCUT2D eigenvalue weighted by atomic mass is 9.96. The Labute approximate surface area is 123 Å². The molecule has 1 aliphatic rings. The van der Waals surface area contributed by atoms with E-state index in [2.05, 4.69) is 5.32 Å². The number of anilines is 2. The van der Waals surface area contributed by atoms with Crippen molar-refractivity contribution >= 4 is 28.9 Å². The molecule has 1 fully saturated rings. The summed E-state index contributed by atoms with van der Waals surface area (Å²) in [6.07, 6.45) is 0.529. The zero-order chi connectivity index (χ0) is 14.7. The van der Waals surface area contributed by atoms with Gasteiger partial charge in [-0.05, 0) is 37.1 Å². The van der Waals surface area contributed by atoms with Crippen molar-refractivity contribution in [2.24, 2.45) is 5.92 Å². The monoisotopic (exact) mass is 297 g/mol. The number of aliphatic hydroxyl groups excluding tert-OH is 1. The molecule has 2 unspecified atom stereocenters. The summed E-state index contributed by atoms with van der Waals surface area (Å²) in [5.74, 6) is 0.138. The number of rotatable bonds is 3. The zero-order valence-corrected chi connectivity index (χ0v) is 12.2. The van der Waals surface area contributed by atoms with E-state index in [9.17, 15) is 9.90 Å². The molecular weight excluding hydrogens is 278 g/mol. The first-order valence-electron chi connectivity index (χ1n) is 6.71. The van der Waals surface area contributed by atoms with Crippen molar-refractivity contribution in [2.45, 2.75) is 19.4 Å². The quantitative estimate of drug-likeness (QED) is 0.740. The van der Waals surface area contributed by atoms with Crippen LogP contribution in [-0.4, -0.2) is 41.7 Å². The lowest BCUT2D eigenvalue weighted by molar-refractivity contribution is -0.118. The molecule has 0 aromatic heterocycles. The maximum absolute atomic E-state index is 12.0. The van der Waals surface area contributed by atoms with Crippen molar-refractivity contribution in [2.75, 3.05) is 30.7 Å². The third-order valence-electron chi connectivity index (χ3n) is 3.66. The minimum atomic E-state index is -0.368. The zero-order valence-electron chi connectivity index (χ0n) is 11.5. The van der Waals surface area contributed by atoms with Gasteiger partial charge in [0.15, 0.2) is 0 Å². The number of carbonyl (C=O) groups is 1. The third kappa shape index (κ3) is 3.85. The molecule has 0 bridgehead atoms. The summed E-state index contributed by atoms with van der Waals surface area (Å²) >= 11 is 5.88. The molecule has 0 radical (unpaired) electrons. The van der Waals surface area contributed by atoms with Gasteiger partial charge in [-0.15, -0.1) is 0 Å². The lowest BCUT2D eigenvalue weighted by Gasteiger charge is -2.33. The van der Waals surface area contributed by atoms with Crippen LogP contribution in [0.3, 0.4) is 0 Å². The number of likely N-dealkylation sites (tertiary alicyclic amines) is 1. The third-order valence-corrected chi connectivity index (χ3v) is 3.89. The first kappa shape index (κ1) is 15.1. The molecule has 110 valence electrons. The highest BCUT2D eigenvalue weighted by Gasteiger charge is 2.25. The number of nitrogens with one attached hydrogen (secondary N) is 1. The van der Waals surface area contributed by atoms with Gasteiger partial charge in [0.25, 0.3) is 0 Å². The van der Waals surface area contributed by atoms with Gasteiger partial charge in [0.2, 0.25) is 5.91 Å². The van der Waals surface area contributed by atoms with E-state index in [0.29, 0.717) is 22.9 Å². The summed E-state index contributed by atoms with van der Waals surface area (Å²) in [5.41, 5.74) is 6.79. The van der Waals surface area contributed by atoms with Gasteiger partial charge < -0.3 is 16.2 Å². The molecule has 1 amide bonds. The molecule has 4 N–H and O–H groups in total. The molecule has 1 aliphatic heterocycles. The van der Waals surface area contributed by atoms with E-state index in [1.807, 2.05) is 11.8 Å². The predicted molar refractivity (Wildman–Crippen MR) is 80.7 cm³/mol. The van der Waals surface area contributed by atoms with Crippen molar-refractivity contribution < 1.29 is 9.90 Å². The van der Waals surface area contributed by atoms with Crippen molar-refractivity contribution in [3.8, 4) is 0 Å². The predicted octanol–water partition coefficient (Wildman–Crippen LogP) is 1.56. The molecule has 20 heavy (non-hydrogen) atoms. The molecule has 2 rings (SSSR count). The number of nitrogens with two attached hydrogens (primary N) is 1. The number of amides is 1. The lowest BCUT2D eigenvalue weighted by Crippen LogP contribution is -2.45. The summed E-state index contributed by atoms with van der Waals surface area (Å²) in [6.45, 7) is 3.61. The van der Waals surface area contributed by atoms with Gasteiger partial charge in [0.1, 0.15) is 0 Å². The van der Waals surface area contributed by atoms with E-state index < -0.39 is 0 Å². The molecule has 1 saturated heterocycles. The Hall–Kier alpha value is -1.30. The number of benzene rings is 1. The summed E-state index contributed by atoms with van der Waals surface area (Å²) in [4.78, 5) is 13.9. The number of aliphatic hydroxyl groups is 1. The fourth-order valence-corrected chi connectivity index (χ4v) is 2.46. The van der Waals surface area contributed by atoms with Gasteiger partial charge in [-0.3, -0.25) is 9.69 Å². The number of nitrogen functional groups attached to an aromatic ring is 1. The second-order valence-corrected chi connectivity index (χ2v) is 5.78. The van der Waals surface area contributed by atoms with Crippen LogP contribution in [0.5, 0.6) is 0 Å². The van der Waals surface area contributed by atoms with E-state index >= 15 is 0 Å². The second kappa shape index (κ2) is 6.43. The van der Waals surface area contributed by atoms with Crippen molar-refractivity contribution in [3.63, 3.8) is 0 Å². The van der Waals surface area contributed by atoms with E-state index in [4.69, 9.17) is 17.3 Å². The van der Waals surface area contributed by atoms with Gasteiger partial charge in [0.05, 0.1) is 24.0 Å². The number of hydrogen-bond donors (Lipinski definition) is 3. The van der Waals surface area contributed by atoms with Crippen LogP contribution in [0.4, 0.5) is 11.4 Å². The molecule has 6 heteroatoms. The fourth-order valence-electron chi connectivity index (χ4n) is 2.29. The minimum absolute atomic E-state index is 0.152.